The van der Waals surface area contributed by atoms with E-state index in [-0.39, 0.29) is 18.6 Å². The Morgan fingerprint density at radius 2 is 1.70 bits per heavy atom. The summed E-state index contributed by atoms with van der Waals surface area (Å²) < 4.78 is 10.5. The molecule has 1 atom stereocenters. The molecular formula is C19H22O4. The standard InChI is InChI=1S/C19H22O4/c1-4-18(20)19(21,13-14-8-6-5-7-9-14)15-10-11-16(22-2)17(12-15)23-3/h5-12,21H,4,13H2,1-3H3. The summed E-state index contributed by atoms with van der Waals surface area (Å²) in [6, 6.07) is 14.5. The van der Waals surface area contributed by atoms with E-state index in [9.17, 15) is 9.90 Å². The molecule has 0 heterocycles. The van der Waals surface area contributed by atoms with Gasteiger partial charge in [-0.15, -0.1) is 0 Å². The number of hydrogen-bond donors (Lipinski definition) is 1. The van der Waals surface area contributed by atoms with E-state index in [2.05, 4.69) is 0 Å². The molecule has 1 N–H and O–H groups in total. The molecule has 2 aromatic rings. The molecular weight excluding hydrogens is 292 g/mol. The van der Waals surface area contributed by atoms with Crippen LogP contribution in [0.1, 0.15) is 24.5 Å². The Labute approximate surface area is 136 Å². The monoisotopic (exact) mass is 314 g/mol. The van der Waals surface area contributed by atoms with Gasteiger partial charge in [0.05, 0.1) is 14.2 Å². The molecule has 0 fully saturated rings. The molecule has 4 heteroatoms. The maximum Gasteiger partial charge on any atom is 0.168 e. The van der Waals surface area contributed by atoms with Gasteiger partial charge >= 0.3 is 0 Å². The molecule has 4 nitrogen and oxygen atoms in total. The summed E-state index contributed by atoms with van der Waals surface area (Å²) in [4.78, 5) is 12.5. The number of carbonyl (C=O) groups is 1. The number of rotatable bonds is 7. The molecule has 0 radical (unpaired) electrons. The molecule has 2 aromatic carbocycles. The van der Waals surface area contributed by atoms with Crippen molar-refractivity contribution in [1.29, 1.82) is 0 Å². The summed E-state index contributed by atoms with van der Waals surface area (Å²) in [6.07, 6.45) is 0.466. The minimum absolute atomic E-state index is 0.218. The Morgan fingerprint density at radius 3 is 2.26 bits per heavy atom. The van der Waals surface area contributed by atoms with Crippen molar-refractivity contribution in [3.05, 3.63) is 59.7 Å². The van der Waals surface area contributed by atoms with Gasteiger partial charge in [-0.2, -0.15) is 0 Å². The highest BCUT2D eigenvalue weighted by Crippen LogP contribution is 2.35. The van der Waals surface area contributed by atoms with Gasteiger partial charge in [-0.3, -0.25) is 4.79 Å². The van der Waals surface area contributed by atoms with Gasteiger partial charge in [0, 0.05) is 12.8 Å². The highest BCUT2D eigenvalue weighted by atomic mass is 16.5. The van der Waals surface area contributed by atoms with E-state index >= 15 is 0 Å². The molecule has 0 aliphatic rings. The number of carbonyl (C=O) groups excluding carboxylic acids is 1. The van der Waals surface area contributed by atoms with E-state index in [0.717, 1.165) is 5.56 Å². The van der Waals surface area contributed by atoms with Crippen molar-refractivity contribution >= 4 is 5.78 Å². The van der Waals surface area contributed by atoms with Gasteiger partial charge in [0.15, 0.2) is 22.9 Å². The zero-order chi connectivity index (χ0) is 16.9. The zero-order valence-corrected chi connectivity index (χ0v) is 13.7. The fourth-order valence-electron chi connectivity index (χ4n) is 2.64. The molecule has 0 bridgehead atoms. The summed E-state index contributed by atoms with van der Waals surface area (Å²) in [7, 11) is 3.07. The molecule has 0 aromatic heterocycles. The molecule has 1 unspecified atom stereocenters. The van der Waals surface area contributed by atoms with Crippen LogP contribution in [0.25, 0.3) is 0 Å². The Hall–Kier alpha value is -2.33. The molecule has 0 saturated carbocycles. The van der Waals surface area contributed by atoms with Gasteiger partial charge < -0.3 is 14.6 Å². The van der Waals surface area contributed by atoms with Crippen LogP contribution in [0.4, 0.5) is 0 Å². The molecule has 0 spiro atoms. The van der Waals surface area contributed by atoms with Crippen LogP contribution in [0.15, 0.2) is 48.5 Å². The zero-order valence-electron chi connectivity index (χ0n) is 13.7. The molecule has 0 aliphatic heterocycles. The minimum atomic E-state index is -1.59. The Kier molecular flexibility index (Phi) is 5.40. The predicted molar refractivity (Wildman–Crippen MR) is 88.9 cm³/mol. The highest BCUT2D eigenvalue weighted by molar-refractivity contribution is 5.88. The second-order valence-electron chi connectivity index (χ2n) is 5.37. The number of hydrogen-bond acceptors (Lipinski definition) is 4. The third-order valence-electron chi connectivity index (χ3n) is 3.95. The topological polar surface area (TPSA) is 55.8 Å². The largest absolute Gasteiger partial charge is 0.493 e. The van der Waals surface area contributed by atoms with E-state index in [1.165, 1.54) is 7.11 Å². The quantitative estimate of drug-likeness (QED) is 0.853. The maximum atomic E-state index is 12.5. The summed E-state index contributed by atoms with van der Waals surface area (Å²) in [5.41, 5.74) is -0.187. The third kappa shape index (κ3) is 3.54. The molecule has 122 valence electrons. The minimum Gasteiger partial charge on any atom is -0.493 e. The van der Waals surface area contributed by atoms with Crippen LogP contribution in [0, 0.1) is 0 Å². The van der Waals surface area contributed by atoms with Crippen molar-refractivity contribution < 1.29 is 19.4 Å². The lowest BCUT2D eigenvalue weighted by Gasteiger charge is -2.28. The van der Waals surface area contributed by atoms with Crippen molar-refractivity contribution in [2.45, 2.75) is 25.4 Å². The highest BCUT2D eigenvalue weighted by Gasteiger charge is 2.37. The molecule has 0 saturated heterocycles. The second kappa shape index (κ2) is 7.29. The Bertz CT molecular complexity index is 666. The van der Waals surface area contributed by atoms with Gasteiger partial charge in [0.2, 0.25) is 0 Å². The molecule has 23 heavy (non-hydrogen) atoms. The average Bonchev–Trinajstić information content (AvgIpc) is 2.60. The smallest absolute Gasteiger partial charge is 0.168 e. The van der Waals surface area contributed by atoms with Crippen LogP contribution >= 0.6 is 0 Å². The normalized spacial score (nSPS) is 13.2. The molecule has 2 rings (SSSR count). The van der Waals surface area contributed by atoms with Crippen LogP contribution in [0.3, 0.4) is 0 Å². The van der Waals surface area contributed by atoms with Crippen molar-refractivity contribution in [2.75, 3.05) is 14.2 Å². The van der Waals surface area contributed by atoms with E-state index in [0.29, 0.717) is 17.1 Å². The van der Waals surface area contributed by atoms with Crippen LogP contribution in [-0.4, -0.2) is 25.1 Å². The van der Waals surface area contributed by atoms with Crippen molar-refractivity contribution in [3.63, 3.8) is 0 Å². The first-order chi connectivity index (χ1) is 11.0. The van der Waals surface area contributed by atoms with Gasteiger partial charge in [-0.25, -0.2) is 0 Å². The maximum absolute atomic E-state index is 12.5. The first-order valence-electron chi connectivity index (χ1n) is 7.57. The lowest BCUT2D eigenvalue weighted by molar-refractivity contribution is -0.138. The predicted octanol–water partition coefficient (Wildman–Crippen LogP) is 3.11. The van der Waals surface area contributed by atoms with Crippen LogP contribution in [0.5, 0.6) is 11.5 Å². The Balaban J connectivity index is 2.48. The van der Waals surface area contributed by atoms with Gasteiger partial charge in [-0.1, -0.05) is 43.3 Å². The van der Waals surface area contributed by atoms with Gasteiger partial charge in [0.25, 0.3) is 0 Å². The summed E-state index contributed by atoms with van der Waals surface area (Å²) in [5.74, 6) is 0.816. The number of benzene rings is 2. The molecule has 0 amide bonds. The summed E-state index contributed by atoms with van der Waals surface area (Å²) >= 11 is 0. The van der Waals surface area contributed by atoms with Gasteiger partial charge in [-0.05, 0) is 23.3 Å². The number of Topliss-reactive ketones (excluding diaryl/α,β-unsaturated/α-hetero) is 1. The average molecular weight is 314 g/mol. The SMILES string of the molecule is CCC(=O)C(O)(Cc1ccccc1)c1ccc(OC)c(OC)c1. The number of methoxy groups -OCH3 is 2. The number of ether oxygens (including phenoxy) is 2. The first kappa shape index (κ1) is 17.0. The van der Waals surface area contributed by atoms with E-state index in [1.54, 1.807) is 32.2 Å². The van der Waals surface area contributed by atoms with Crippen LogP contribution in [0.2, 0.25) is 0 Å². The van der Waals surface area contributed by atoms with E-state index in [1.807, 2.05) is 30.3 Å². The number of ketones is 1. The van der Waals surface area contributed by atoms with Crippen molar-refractivity contribution in [1.82, 2.24) is 0 Å². The van der Waals surface area contributed by atoms with E-state index < -0.39 is 5.60 Å². The second-order valence-corrected chi connectivity index (χ2v) is 5.37. The lowest BCUT2D eigenvalue weighted by Crippen LogP contribution is -2.37. The fraction of sp³-hybridized carbons (Fsp3) is 0.316. The summed E-state index contributed by atoms with van der Waals surface area (Å²) in [5, 5.41) is 11.1. The van der Waals surface area contributed by atoms with Gasteiger partial charge in [0.1, 0.15) is 0 Å². The van der Waals surface area contributed by atoms with Crippen molar-refractivity contribution in [2.24, 2.45) is 0 Å². The third-order valence-corrected chi connectivity index (χ3v) is 3.95. The summed E-state index contributed by atoms with van der Waals surface area (Å²) in [6.45, 7) is 1.75. The fourth-order valence-corrected chi connectivity index (χ4v) is 2.64. The van der Waals surface area contributed by atoms with Crippen LogP contribution in [-0.2, 0) is 16.8 Å². The molecule has 0 aliphatic carbocycles. The lowest BCUT2D eigenvalue weighted by atomic mass is 9.82. The first-order valence-corrected chi connectivity index (χ1v) is 7.57. The van der Waals surface area contributed by atoms with Crippen LogP contribution < -0.4 is 9.47 Å². The number of aliphatic hydroxyl groups is 1. The van der Waals surface area contributed by atoms with Crippen molar-refractivity contribution in [3.8, 4) is 11.5 Å². The Morgan fingerprint density at radius 1 is 1.04 bits per heavy atom. The van der Waals surface area contributed by atoms with E-state index in [4.69, 9.17) is 9.47 Å².